The van der Waals surface area contributed by atoms with E-state index >= 15 is 0 Å². The number of rotatable bonds is 4. The SMILES string of the molecule is CS(=O)(=O)c1ccc2c(c1)CCCN2C(=O)c1ccc(Cl)c(S(=O)(=O)N2CCCCC2)c1. The van der Waals surface area contributed by atoms with Crippen LogP contribution in [0.3, 0.4) is 0 Å². The number of hydrogen-bond acceptors (Lipinski definition) is 5. The van der Waals surface area contributed by atoms with E-state index in [2.05, 4.69) is 0 Å². The molecule has 10 heteroatoms. The van der Waals surface area contributed by atoms with Crippen molar-refractivity contribution in [2.45, 2.75) is 41.9 Å². The highest BCUT2D eigenvalue weighted by atomic mass is 35.5. The van der Waals surface area contributed by atoms with Gasteiger partial charge >= 0.3 is 0 Å². The molecule has 172 valence electrons. The van der Waals surface area contributed by atoms with Crippen LogP contribution in [0.1, 0.15) is 41.6 Å². The molecule has 1 saturated heterocycles. The van der Waals surface area contributed by atoms with E-state index in [0.717, 1.165) is 31.1 Å². The van der Waals surface area contributed by atoms with Crippen molar-refractivity contribution >= 4 is 43.1 Å². The summed E-state index contributed by atoms with van der Waals surface area (Å²) in [5, 5.41) is 0.0870. The first-order valence-corrected chi connectivity index (χ1v) is 14.2. The Morgan fingerprint density at radius 1 is 0.906 bits per heavy atom. The van der Waals surface area contributed by atoms with Gasteiger partial charge in [0, 0.05) is 37.1 Å². The van der Waals surface area contributed by atoms with Crippen LogP contribution in [0.5, 0.6) is 0 Å². The molecule has 1 fully saturated rings. The molecule has 0 radical (unpaired) electrons. The zero-order valence-electron chi connectivity index (χ0n) is 17.8. The summed E-state index contributed by atoms with van der Waals surface area (Å²) in [4.78, 5) is 15.1. The Morgan fingerprint density at radius 3 is 2.31 bits per heavy atom. The van der Waals surface area contributed by atoms with Crippen LogP contribution in [0.2, 0.25) is 5.02 Å². The molecule has 4 rings (SSSR count). The minimum Gasteiger partial charge on any atom is -0.308 e. The van der Waals surface area contributed by atoms with Crippen LogP contribution in [-0.2, 0) is 26.3 Å². The van der Waals surface area contributed by atoms with Crippen LogP contribution in [0.25, 0.3) is 0 Å². The van der Waals surface area contributed by atoms with Crippen LogP contribution >= 0.6 is 11.6 Å². The lowest BCUT2D eigenvalue weighted by Crippen LogP contribution is -2.37. The molecule has 32 heavy (non-hydrogen) atoms. The predicted molar refractivity (Wildman–Crippen MR) is 124 cm³/mol. The monoisotopic (exact) mass is 496 g/mol. The van der Waals surface area contributed by atoms with Gasteiger partial charge < -0.3 is 4.90 Å². The van der Waals surface area contributed by atoms with Crippen molar-refractivity contribution in [3.8, 4) is 0 Å². The van der Waals surface area contributed by atoms with E-state index in [0.29, 0.717) is 38.2 Å². The third-order valence-electron chi connectivity index (χ3n) is 5.95. The quantitative estimate of drug-likeness (QED) is 0.645. The van der Waals surface area contributed by atoms with Gasteiger partial charge in [0.15, 0.2) is 9.84 Å². The molecule has 7 nitrogen and oxygen atoms in total. The summed E-state index contributed by atoms with van der Waals surface area (Å²) < 4.78 is 51.5. The molecular weight excluding hydrogens is 472 g/mol. The number of halogens is 1. The highest BCUT2D eigenvalue weighted by Gasteiger charge is 2.30. The Kier molecular flexibility index (Phi) is 6.37. The number of fused-ring (bicyclic) bond motifs is 1. The van der Waals surface area contributed by atoms with Crippen molar-refractivity contribution in [2.75, 3.05) is 30.8 Å². The van der Waals surface area contributed by atoms with Gasteiger partial charge in [0.1, 0.15) is 4.90 Å². The standard InChI is InChI=1S/C22H25ClN2O5S2/c1-31(27,28)18-8-10-20-16(14-18)6-5-13-25(20)22(26)17-7-9-19(23)21(15-17)32(29,30)24-11-3-2-4-12-24/h7-10,14-15H,2-6,11-13H2,1H3. The van der Waals surface area contributed by atoms with Gasteiger partial charge in [0.2, 0.25) is 10.0 Å². The fraction of sp³-hybridized carbons (Fsp3) is 0.409. The van der Waals surface area contributed by atoms with Gasteiger partial charge in [-0.15, -0.1) is 0 Å². The van der Waals surface area contributed by atoms with Crippen LogP contribution in [-0.4, -0.2) is 52.9 Å². The van der Waals surface area contributed by atoms with E-state index in [4.69, 9.17) is 11.6 Å². The van der Waals surface area contributed by atoms with Crippen LogP contribution < -0.4 is 4.90 Å². The fourth-order valence-corrected chi connectivity index (χ4v) is 6.94. The maximum atomic E-state index is 13.4. The number of carbonyl (C=O) groups is 1. The molecule has 0 atom stereocenters. The molecule has 0 N–H and O–H groups in total. The second-order valence-electron chi connectivity index (χ2n) is 8.23. The Morgan fingerprint density at radius 2 is 1.62 bits per heavy atom. The minimum absolute atomic E-state index is 0.0587. The van der Waals surface area contributed by atoms with Gasteiger partial charge in [0.25, 0.3) is 5.91 Å². The summed E-state index contributed by atoms with van der Waals surface area (Å²) in [5.41, 5.74) is 1.65. The lowest BCUT2D eigenvalue weighted by molar-refractivity contribution is 0.0985. The second kappa shape index (κ2) is 8.78. The summed E-state index contributed by atoms with van der Waals surface area (Å²) in [6.07, 6.45) is 5.09. The van der Waals surface area contributed by atoms with Crippen molar-refractivity contribution in [3.05, 3.63) is 52.5 Å². The fourth-order valence-electron chi connectivity index (χ4n) is 4.25. The predicted octanol–water partition coefficient (Wildman–Crippen LogP) is 3.51. The smallest absolute Gasteiger partial charge is 0.258 e. The largest absolute Gasteiger partial charge is 0.308 e. The number of benzene rings is 2. The van der Waals surface area contributed by atoms with E-state index in [-0.39, 0.29) is 26.3 Å². The van der Waals surface area contributed by atoms with Gasteiger partial charge in [-0.3, -0.25) is 4.79 Å². The van der Waals surface area contributed by atoms with Gasteiger partial charge in [0.05, 0.1) is 9.92 Å². The van der Waals surface area contributed by atoms with Gasteiger partial charge in [-0.25, -0.2) is 16.8 Å². The number of sulfonamides is 1. The number of amides is 1. The molecule has 0 saturated carbocycles. The first-order valence-electron chi connectivity index (χ1n) is 10.5. The molecule has 2 aromatic carbocycles. The third-order valence-corrected chi connectivity index (χ3v) is 9.44. The van der Waals surface area contributed by atoms with Gasteiger partial charge in [-0.05, 0) is 67.6 Å². The number of hydrogen-bond donors (Lipinski definition) is 0. The Labute approximate surface area is 193 Å². The average Bonchev–Trinajstić information content (AvgIpc) is 2.78. The second-order valence-corrected chi connectivity index (χ2v) is 12.6. The lowest BCUT2D eigenvalue weighted by Gasteiger charge is -2.30. The highest BCUT2D eigenvalue weighted by Crippen LogP contribution is 2.32. The summed E-state index contributed by atoms with van der Waals surface area (Å²) >= 11 is 6.24. The molecule has 0 aliphatic carbocycles. The van der Waals surface area contributed by atoms with Gasteiger partial charge in [-0.1, -0.05) is 18.0 Å². The number of sulfone groups is 1. The van der Waals surface area contributed by atoms with E-state index < -0.39 is 19.9 Å². The van der Waals surface area contributed by atoms with Gasteiger partial charge in [-0.2, -0.15) is 4.31 Å². The number of piperidine rings is 1. The maximum Gasteiger partial charge on any atom is 0.258 e. The maximum absolute atomic E-state index is 13.4. The molecule has 0 bridgehead atoms. The third kappa shape index (κ3) is 4.44. The molecule has 2 aliphatic rings. The molecule has 0 aromatic heterocycles. The van der Waals surface area contributed by atoms with Crippen molar-refractivity contribution in [3.63, 3.8) is 0 Å². The Bertz CT molecular complexity index is 1270. The van der Waals surface area contributed by atoms with E-state index in [1.54, 1.807) is 17.0 Å². The number of carbonyl (C=O) groups excluding carboxylic acids is 1. The van der Waals surface area contributed by atoms with Crippen molar-refractivity contribution < 1.29 is 21.6 Å². The number of anilines is 1. The molecule has 2 aliphatic heterocycles. The highest BCUT2D eigenvalue weighted by molar-refractivity contribution is 7.90. The minimum atomic E-state index is -3.80. The Balaban J connectivity index is 1.69. The zero-order chi connectivity index (χ0) is 23.1. The topological polar surface area (TPSA) is 91.8 Å². The first kappa shape index (κ1) is 23.2. The summed E-state index contributed by atoms with van der Waals surface area (Å²) in [5.74, 6) is -0.343. The van der Waals surface area contributed by atoms with E-state index in [1.165, 1.54) is 28.6 Å². The van der Waals surface area contributed by atoms with Crippen molar-refractivity contribution in [2.24, 2.45) is 0 Å². The Hall–Kier alpha value is -1.94. The molecule has 2 aromatic rings. The number of aryl methyl sites for hydroxylation is 1. The molecule has 2 heterocycles. The molecule has 0 spiro atoms. The zero-order valence-corrected chi connectivity index (χ0v) is 20.1. The lowest BCUT2D eigenvalue weighted by atomic mass is 10.0. The van der Waals surface area contributed by atoms with E-state index in [9.17, 15) is 21.6 Å². The summed E-state index contributed by atoms with van der Waals surface area (Å²) in [6, 6.07) is 9.08. The normalized spacial score (nSPS) is 17.8. The molecule has 1 amide bonds. The van der Waals surface area contributed by atoms with Crippen LogP contribution in [0.15, 0.2) is 46.2 Å². The van der Waals surface area contributed by atoms with Crippen LogP contribution in [0.4, 0.5) is 5.69 Å². The first-order chi connectivity index (χ1) is 15.1. The molecule has 0 unspecified atom stereocenters. The summed E-state index contributed by atoms with van der Waals surface area (Å²) in [7, 11) is -7.15. The summed E-state index contributed by atoms with van der Waals surface area (Å²) in [6.45, 7) is 1.35. The molecular formula is C22H25ClN2O5S2. The van der Waals surface area contributed by atoms with Crippen molar-refractivity contribution in [1.82, 2.24) is 4.31 Å². The number of nitrogens with zero attached hydrogens (tertiary/aromatic N) is 2. The van der Waals surface area contributed by atoms with Crippen molar-refractivity contribution in [1.29, 1.82) is 0 Å². The van der Waals surface area contributed by atoms with Crippen LogP contribution in [0, 0.1) is 0 Å². The van der Waals surface area contributed by atoms with E-state index in [1.807, 2.05) is 0 Å². The average molecular weight is 497 g/mol.